The number of hydrogen-bond acceptors (Lipinski definition) is 2. The van der Waals surface area contributed by atoms with Gasteiger partial charge in [0.2, 0.25) is 0 Å². The molecule has 0 unspecified atom stereocenters. The summed E-state index contributed by atoms with van der Waals surface area (Å²) >= 11 is 0. The second-order valence-corrected chi connectivity index (χ2v) is 3.46. The van der Waals surface area contributed by atoms with E-state index in [1.807, 2.05) is 13.8 Å². The lowest BCUT2D eigenvalue weighted by molar-refractivity contribution is -0.122. The lowest BCUT2D eigenvalue weighted by Crippen LogP contribution is -2.45. The molecule has 0 bridgehead atoms. The summed E-state index contributed by atoms with van der Waals surface area (Å²) in [6, 6.07) is 0. The summed E-state index contributed by atoms with van der Waals surface area (Å²) in [4.78, 5) is 11.0. The van der Waals surface area contributed by atoms with Crippen LogP contribution in [0.25, 0.3) is 0 Å². The third kappa shape index (κ3) is 4.14. The topological polar surface area (TPSA) is 29.1 Å². The van der Waals surface area contributed by atoms with Crippen LogP contribution in [0.4, 0.5) is 0 Å². The molecule has 2 nitrogen and oxygen atoms in total. The van der Waals surface area contributed by atoms with Gasteiger partial charge < -0.3 is 5.32 Å². The predicted molar refractivity (Wildman–Crippen MR) is 47.7 cm³/mol. The fourth-order valence-electron chi connectivity index (χ4n) is 0.702. The van der Waals surface area contributed by atoms with Gasteiger partial charge in [-0.25, -0.2) is 0 Å². The van der Waals surface area contributed by atoms with Crippen molar-refractivity contribution in [2.45, 2.75) is 46.1 Å². The van der Waals surface area contributed by atoms with Crippen molar-refractivity contribution in [3.05, 3.63) is 0 Å². The number of carbonyl (C=O) groups excluding carboxylic acids is 1. The second-order valence-electron chi connectivity index (χ2n) is 3.46. The highest BCUT2D eigenvalue weighted by Gasteiger charge is 2.21. The number of Topliss-reactive ketones (excluding diaryl/α,β-unsaturated/α-hetero) is 1. The maximum Gasteiger partial charge on any atom is 0.149 e. The summed E-state index contributed by atoms with van der Waals surface area (Å²) in [6.45, 7) is 8.54. The molecule has 0 aliphatic heterocycles. The summed E-state index contributed by atoms with van der Waals surface area (Å²) in [6.07, 6.45) is 2.30. The summed E-state index contributed by atoms with van der Waals surface area (Å²) < 4.78 is 0. The van der Waals surface area contributed by atoms with Gasteiger partial charge >= 0.3 is 0 Å². The highest BCUT2D eigenvalue weighted by Crippen LogP contribution is 2.02. The molecule has 0 aromatic carbocycles. The molecule has 0 amide bonds. The van der Waals surface area contributed by atoms with Gasteiger partial charge in [-0.3, -0.25) is 4.79 Å². The zero-order valence-electron chi connectivity index (χ0n) is 8.03. The van der Waals surface area contributed by atoms with Gasteiger partial charge in [-0.1, -0.05) is 13.3 Å². The Morgan fingerprint density at radius 1 is 1.45 bits per heavy atom. The largest absolute Gasteiger partial charge is 0.305 e. The van der Waals surface area contributed by atoms with Crippen molar-refractivity contribution in [1.82, 2.24) is 5.32 Å². The monoisotopic (exact) mass is 157 g/mol. The predicted octanol–water partition coefficient (Wildman–Crippen LogP) is 1.74. The van der Waals surface area contributed by atoms with Gasteiger partial charge in [0.05, 0.1) is 5.54 Å². The molecule has 0 aliphatic carbocycles. The molecular weight excluding hydrogens is 138 g/mol. The summed E-state index contributed by atoms with van der Waals surface area (Å²) in [5, 5.41) is 3.21. The van der Waals surface area contributed by atoms with Gasteiger partial charge in [-0.05, 0) is 33.7 Å². The molecule has 0 spiro atoms. The van der Waals surface area contributed by atoms with Crippen molar-refractivity contribution in [3.63, 3.8) is 0 Å². The number of nitrogens with one attached hydrogen (secondary N) is 1. The van der Waals surface area contributed by atoms with Crippen molar-refractivity contribution in [1.29, 1.82) is 0 Å². The molecule has 0 aromatic heterocycles. The summed E-state index contributed by atoms with van der Waals surface area (Å²) in [5.41, 5.74) is -0.338. The van der Waals surface area contributed by atoms with Gasteiger partial charge in [-0.15, -0.1) is 0 Å². The van der Waals surface area contributed by atoms with Gasteiger partial charge in [0.25, 0.3) is 0 Å². The maximum absolute atomic E-state index is 11.0. The van der Waals surface area contributed by atoms with Crippen molar-refractivity contribution in [3.8, 4) is 0 Å². The fourth-order valence-corrected chi connectivity index (χ4v) is 0.702. The van der Waals surface area contributed by atoms with Crippen molar-refractivity contribution < 1.29 is 4.79 Å². The quantitative estimate of drug-likeness (QED) is 0.616. The van der Waals surface area contributed by atoms with E-state index >= 15 is 0 Å². The third-order valence-corrected chi connectivity index (χ3v) is 1.98. The molecule has 2 heteroatoms. The Labute approximate surface area is 69.4 Å². The normalized spacial score (nSPS) is 11.6. The number of hydrogen-bond donors (Lipinski definition) is 1. The molecule has 0 atom stereocenters. The molecule has 0 heterocycles. The zero-order valence-corrected chi connectivity index (χ0v) is 8.03. The van der Waals surface area contributed by atoms with E-state index in [4.69, 9.17) is 0 Å². The first-order valence-corrected chi connectivity index (χ1v) is 4.26. The van der Waals surface area contributed by atoms with Crippen LogP contribution in [0.5, 0.6) is 0 Å². The van der Waals surface area contributed by atoms with E-state index in [9.17, 15) is 4.79 Å². The van der Waals surface area contributed by atoms with Gasteiger partial charge in [0.15, 0.2) is 0 Å². The SMILES string of the molecule is CCCCNC(C)(C)C(C)=O. The number of carbonyl (C=O) groups is 1. The first-order valence-electron chi connectivity index (χ1n) is 4.26. The molecule has 0 fully saturated rings. The minimum atomic E-state index is -0.338. The van der Waals surface area contributed by atoms with E-state index in [1.165, 1.54) is 6.42 Å². The van der Waals surface area contributed by atoms with Gasteiger partial charge in [0, 0.05) is 0 Å². The molecule has 0 aromatic rings. The first-order chi connectivity index (χ1) is 5.00. The summed E-state index contributed by atoms with van der Waals surface area (Å²) in [7, 11) is 0. The van der Waals surface area contributed by atoms with E-state index < -0.39 is 0 Å². The fraction of sp³-hybridized carbons (Fsp3) is 0.889. The second kappa shape index (κ2) is 4.50. The average molecular weight is 157 g/mol. The standard InChI is InChI=1S/C9H19NO/c1-5-6-7-10-9(3,4)8(2)11/h10H,5-7H2,1-4H3. The van der Waals surface area contributed by atoms with Crippen LogP contribution in [0.3, 0.4) is 0 Å². The smallest absolute Gasteiger partial charge is 0.149 e. The molecule has 1 N–H and O–H groups in total. The third-order valence-electron chi connectivity index (χ3n) is 1.98. The molecule has 0 radical (unpaired) electrons. The van der Waals surface area contributed by atoms with Crippen LogP contribution in [0.2, 0.25) is 0 Å². The Hall–Kier alpha value is -0.370. The lowest BCUT2D eigenvalue weighted by atomic mass is 10.0. The summed E-state index contributed by atoms with van der Waals surface area (Å²) in [5.74, 6) is 0.202. The van der Waals surface area contributed by atoms with E-state index in [0.717, 1.165) is 13.0 Å². The van der Waals surface area contributed by atoms with Crippen LogP contribution in [0, 0.1) is 0 Å². The van der Waals surface area contributed by atoms with E-state index in [2.05, 4.69) is 12.2 Å². The molecule has 11 heavy (non-hydrogen) atoms. The molecule has 0 rings (SSSR count). The van der Waals surface area contributed by atoms with Crippen LogP contribution in [-0.2, 0) is 4.79 Å². The minimum Gasteiger partial charge on any atom is -0.305 e. The van der Waals surface area contributed by atoms with E-state index in [-0.39, 0.29) is 11.3 Å². The van der Waals surface area contributed by atoms with E-state index in [1.54, 1.807) is 6.92 Å². The molecule has 0 aliphatic rings. The molecule has 0 saturated heterocycles. The Kier molecular flexibility index (Phi) is 4.34. The first kappa shape index (κ1) is 10.6. The highest BCUT2D eigenvalue weighted by molar-refractivity contribution is 5.85. The Bertz CT molecular complexity index is 130. The van der Waals surface area contributed by atoms with Crippen molar-refractivity contribution >= 4 is 5.78 Å². The molecular formula is C9H19NO. The van der Waals surface area contributed by atoms with Crippen molar-refractivity contribution in [2.75, 3.05) is 6.54 Å². The van der Waals surface area contributed by atoms with Crippen LogP contribution in [0.1, 0.15) is 40.5 Å². The van der Waals surface area contributed by atoms with Crippen LogP contribution >= 0.6 is 0 Å². The minimum absolute atomic E-state index is 0.202. The Morgan fingerprint density at radius 2 is 2.00 bits per heavy atom. The lowest BCUT2D eigenvalue weighted by Gasteiger charge is -2.22. The Morgan fingerprint density at radius 3 is 2.36 bits per heavy atom. The number of rotatable bonds is 5. The maximum atomic E-state index is 11.0. The molecule has 66 valence electrons. The number of ketones is 1. The van der Waals surface area contributed by atoms with Crippen LogP contribution in [0.15, 0.2) is 0 Å². The van der Waals surface area contributed by atoms with Crippen LogP contribution in [-0.4, -0.2) is 17.9 Å². The molecule has 0 saturated carbocycles. The Balaban J connectivity index is 3.64. The average Bonchev–Trinajstić information content (AvgIpc) is 1.88. The highest BCUT2D eigenvalue weighted by atomic mass is 16.1. The number of unbranched alkanes of at least 4 members (excludes halogenated alkanes) is 1. The zero-order chi connectivity index (χ0) is 8.91. The van der Waals surface area contributed by atoms with Crippen LogP contribution < -0.4 is 5.32 Å². The van der Waals surface area contributed by atoms with E-state index in [0.29, 0.717) is 0 Å². The van der Waals surface area contributed by atoms with Crippen molar-refractivity contribution in [2.24, 2.45) is 0 Å². The van der Waals surface area contributed by atoms with Gasteiger partial charge in [0.1, 0.15) is 5.78 Å². The van der Waals surface area contributed by atoms with Gasteiger partial charge in [-0.2, -0.15) is 0 Å².